The molecule has 0 bridgehead atoms. The summed E-state index contributed by atoms with van der Waals surface area (Å²) in [5.74, 6) is -4.59. The number of anilines is 1. The number of H-pyrrole nitrogens is 1. The summed E-state index contributed by atoms with van der Waals surface area (Å²) in [5, 5.41) is 13.4. The van der Waals surface area contributed by atoms with Crippen molar-refractivity contribution in [3.8, 4) is 23.1 Å². The van der Waals surface area contributed by atoms with E-state index >= 15 is 0 Å². The summed E-state index contributed by atoms with van der Waals surface area (Å²) in [6.45, 7) is -0.0592. The maximum Gasteiger partial charge on any atom is 0.270 e. The molecule has 0 unspecified atom stereocenters. The van der Waals surface area contributed by atoms with Crippen LogP contribution in [-0.2, 0) is 6.61 Å². The van der Waals surface area contributed by atoms with Crippen LogP contribution < -0.4 is 15.7 Å². The number of hydrazone groups is 1. The molecule has 0 amide bonds. The summed E-state index contributed by atoms with van der Waals surface area (Å²) >= 11 is 0. The SMILES string of the molecule is N#Cc1c(-c2ccccc2)nc(NN=Cc2ccc(COc3ccc(F)c(F)c3F)cc2)[nH]c1=O. The molecule has 0 aliphatic carbocycles. The van der Waals surface area contributed by atoms with Gasteiger partial charge in [0.1, 0.15) is 18.2 Å². The van der Waals surface area contributed by atoms with Crippen LogP contribution in [0.25, 0.3) is 11.3 Å². The van der Waals surface area contributed by atoms with E-state index in [2.05, 4.69) is 20.5 Å². The first kappa shape index (κ1) is 23.3. The van der Waals surface area contributed by atoms with Crippen LogP contribution >= 0.6 is 0 Å². The van der Waals surface area contributed by atoms with Crippen LogP contribution in [0.3, 0.4) is 0 Å². The highest BCUT2D eigenvalue weighted by atomic mass is 19.2. The largest absolute Gasteiger partial charge is 0.486 e. The Labute approximate surface area is 197 Å². The maximum absolute atomic E-state index is 13.7. The first-order valence-corrected chi connectivity index (χ1v) is 10.2. The molecule has 0 saturated carbocycles. The Morgan fingerprint density at radius 3 is 2.49 bits per heavy atom. The van der Waals surface area contributed by atoms with Crippen LogP contribution in [0.2, 0.25) is 0 Å². The summed E-state index contributed by atoms with van der Waals surface area (Å²) in [7, 11) is 0. The van der Waals surface area contributed by atoms with Crippen LogP contribution in [0.15, 0.2) is 76.6 Å². The van der Waals surface area contributed by atoms with Crippen LogP contribution in [0.4, 0.5) is 19.1 Å². The zero-order valence-electron chi connectivity index (χ0n) is 17.9. The second kappa shape index (κ2) is 10.4. The lowest BCUT2D eigenvalue weighted by molar-refractivity contribution is 0.281. The van der Waals surface area contributed by atoms with Crippen LogP contribution in [0.1, 0.15) is 16.7 Å². The van der Waals surface area contributed by atoms with E-state index in [1.54, 1.807) is 48.5 Å². The maximum atomic E-state index is 13.7. The molecule has 4 rings (SSSR count). The van der Waals surface area contributed by atoms with Crippen molar-refractivity contribution in [2.24, 2.45) is 5.10 Å². The molecule has 4 aromatic rings. The second-order valence-corrected chi connectivity index (χ2v) is 7.19. The number of benzene rings is 3. The fourth-order valence-electron chi connectivity index (χ4n) is 3.08. The Balaban J connectivity index is 1.42. The molecule has 1 heterocycles. The van der Waals surface area contributed by atoms with E-state index in [1.807, 2.05) is 12.1 Å². The van der Waals surface area contributed by atoms with Crippen molar-refractivity contribution in [3.05, 3.63) is 111 Å². The van der Waals surface area contributed by atoms with Gasteiger partial charge in [-0.05, 0) is 23.3 Å². The zero-order valence-corrected chi connectivity index (χ0v) is 17.9. The van der Waals surface area contributed by atoms with Crippen LogP contribution in [0, 0.1) is 28.8 Å². The number of nitrogens with one attached hydrogen (secondary N) is 2. The Bertz CT molecular complexity index is 1480. The van der Waals surface area contributed by atoms with Gasteiger partial charge in [-0.3, -0.25) is 9.78 Å². The highest BCUT2D eigenvalue weighted by Gasteiger charge is 2.15. The Hall–Kier alpha value is -4.91. The van der Waals surface area contributed by atoms with E-state index in [9.17, 15) is 23.2 Å². The van der Waals surface area contributed by atoms with Crippen molar-refractivity contribution in [1.29, 1.82) is 5.26 Å². The average Bonchev–Trinajstić information content (AvgIpc) is 2.88. The third-order valence-corrected chi connectivity index (χ3v) is 4.84. The standard InChI is InChI=1S/C25H16F3N5O2/c26-19-10-11-20(22(28)21(19)27)35-14-16-8-6-15(7-9-16)13-30-33-25-31-23(17-4-2-1-3-5-17)18(12-29)24(34)32-25/h1-11,13H,14H2,(H2,31,32,33,34). The fourth-order valence-corrected chi connectivity index (χ4v) is 3.08. The highest BCUT2D eigenvalue weighted by Crippen LogP contribution is 2.23. The number of halogens is 3. The third-order valence-electron chi connectivity index (χ3n) is 4.84. The number of aromatic amines is 1. The van der Waals surface area contributed by atoms with Gasteiger partial charge >= 0.3 is 0 Å². The van der Waals surface area contributed by atoms with Gasteiger partial charge in [-0.15, -0.1) is 0 Å². The molecule has 10 heteroatoms. The number of nitrogens with zero attached hydrogens (tertiary/aromatic N) is 3. The molecule has 1 aromatic heterocycles. The normalized spacial score (nSPS) is 10.8. The summed E-state index contributed by atoms with van der Waals surface area (Å²) in [5.41, 5.74) is 4.12. The number of rotatable bonds is 7. The van der Waals surface area contributed by atoms with Gasteiger partial charge in [-0.2, -0.15) is 14.8 Å². The Morgan fingerprint density at radius 1 is 1.03 bits per heavy atom. The number of hydrogen-bond donors (Lipinski definition) is 2. The van der Waals surface area contributed by atoms with E-state index in [0.29, 0.717) is 16.7 Å². The van der Waals surface area contributed by atoms with Gasteiger partial charge in [-0.1, -0.05) is 54.6 Å². The minimum absolute atomic E-state index is 0.0580. The molecule has 3 aromatic carbocycles. The van der Waals surface area contributed by atoms with Crippen LogP contribution in [-0.4, -0.2) is 16.2 Å². The molecule has 0 spiro atoms. The van der Waals surface area contributed by atoms with Crippen LogP contribution in [0.5, 0.6) is 5.75 Å². The van der Waals surface area contributed by atoms with Crippen molar-refractivity contribution in [2.45, 2.75) is 6.61 Å². The molecule has 0 atom stereocenters. The topological polar surface area (TPSA) is 103 Å². The number of nitriles is 1. The Morgan fingerprint density at radius 2 is 1.77 bits per heavy atom. The lowest BCUT2D eigenvalue weighted by Crippen LogP contribution is -2.16. The van der Waals surface area contributed by atoms with E-state index in [1.165, 1.54) is 6.21 Å². The molecular weight excluding hydrogens is 459 g/mol. The van der Waals surface area contributed by atoms with E-state index in [0.717, 1.165) is 12.1 Å². The monoisotopic (exact) mass is 475 g/mol. The van der Waals surface area contributed by atoms with Gasteiger partial charge in [-0.25, -0.2) is 19.2 Å². The number of ether oxygens (including phenoxy) is 1. The van der Waals surface area contributed by atoms with Crippen molar-refractivity contribution < 1.29 is 17.9 Å². The smallest absolute Gasteiger partial charge is 0.270 e. The molecule has 174 valence electrons. The van der Waals surface area contributed by atoms with Crippen molar-refractivity contribution in [1.82, 2.24) is 9.97 Å². The predicted molar refractivity (Wildman–Crippen MR) is 123 cm³/mol. The van der Waals surface area contributed by atoms with Gasteiger partial charge in [0.05, 0.1) is 11.9 Å². The van der Waals surface area contributed by atoms with E-state index in [4.69, 9.17) is 4.74 Å². The summed E-state index contributed by atoms with van der Waals surface area (Å²) < 4.78 is 45.2. The minimum Gasteiger partial charge on any atom is -0.486 e. The van der Waals surface area contributed by atoms with E-state index in [-0.39, 0.29) is 23.8 Å². The molecule has 0 radical (unpaired) electrons. The van der Waals surface area contributed by atoms with Crippen molar-refractivity contribution in [2.75, 3.05) is 5.43 Å². The van der Waals surface area contributed by atoms with Crippen molar-refractivity contribution >= 4 is 12.2 Å². The first-order valence-electron chi connectivity index (χ1n) is 10.2. The van der Waals surface area contributed by atoms with E-state index < -0.39 is 28.8 Å². The molecule has 0 aliphatic rings. The second-order valence-electron chi connectivity index (χ2n) is 7.19. The Kier molecular flexibility index (Phi) is 6.88. The molecule has 0 fully saturated rings. The van der Waals surface area contributed by atoms with Gasteiger partial charge in [0.15, 0.2) is 17.4 Å². The minimum atomic E-state index is -1.59. The van der Waals surface area contributed by atoms with Gasteiger partial charge in [0.25, 0.3) is 5.56 Å². The lowest BCUT2D eigenvalue weighted by atomic mass is 10.1. The summed E-state index contributed by atoms with van der Waals surface area (Å²) in [4.78, 5) is 19.0. The quantitative estimate of drug-likeness (QED) is 0.228. The van der Waals surface area contributed by atoms with Gasteiger partial charge < -0.3 is 4.74 Å². The third kappa shape index (κ3) is 5.36. The summed E-state index contributed by atoms with van der Waals surface area (Å²) in [6.07, 6.45) is 1.47. The van der Waals surface area contributed by atoms with Crippen molar-refractivity contribution in [3.63, 3.8) is 0 Å². The molecule has 2 N–H and O–H groups in total. The molecule has 35 heavy (non-hydrogen) atoms. The summed E-state index contributed by atoms with van der Waals surface area (Å²) in [6, 6.07) is 19.3. The fraction of sp³-hybridized carbons (Fsp3) is 0.0400. The van der Waals surface area contributed by atoms with Gasteiger partial charge in [0.2, 0.25) is 11.8 Å². The number of aromatic nitrogens is 2. The first-order chi connectivity index (χ1) is 17.0. The number of hydrogen-bond acceptors (Lipinski definition) is 6. The molecular formula is C25H16F3N5O2. The molecule has 0 aliphatic heterocycles. The predicted octanol–water partition coefficient (Wildman–Crippen LogP) is 4.75. The average molecular weight is 475 g/mol. The lowest BCUT2D eigenvalue weighted by Gasteiger charge is -2.08. The highest BCUT2D eigenvalue weighted by molar-refractivity contribution is 5.80. The zero-order chi connectivity index (χ0) is 24.8. The molecule has 7 nitrogen and oxygen atoms in total. The molecule has 0 saturated heterocycles. The van der Waals surface area contributed by atoms with Gasteiger partial charge in [0, 0.05) is 5.56 Å².